The number of hydrogen-bond acceptors (Lipinski definition) is 4. The molecule has 3 rings (SSSR count). The Morgan fingerprint density at radius 2 is 1.80 bits per heavy atom. The summed E-state index contributed by atoms with van der Waals surface area (Å²) >= 11 is 6.45. The minimum absolute atomic E-state index is 0.123. The number of amides is 1. The molecule has 0 spiro atoms. The number of carbonyl (C=O) groups is 1. The van der Waals surface area contributed by atoms with E-state index in [4.69, 9.17) is 0 Å². The fraction of sp³-hybridized carbons (Fsp3) is 0.0526. The number of nitrogens with one attached hydrogen (secondary N) is 1. The number of nitriles is 1. The maximum atomic E-state index is 12.6. The van der Waals surface area contributed by atoms with Crippen molar-refractivity contribution in [3.8, 4) is 6.07 Å². The summed E-state index contributed by atoms with van der Waals surface area (Å²) in [7, 11) is 0. The molecule has 0 aliphatic rings. The first-order valence-electron chi connectivity index (χ1n) is 7.46. The summed E-state index contributed by atoms with van der Waals surface area (Å²) in [5.74, 6) is -0.123. The Hall–Kier alpha value is -2.07. The Kier molecular flexibility index (Phi) is 5.92. The molecule has 1 N–H and O–H groups in total. The van der Waals surface area contributed by atoms with Gasteiger partial charge >= 0.3 is 0 Å². The summed E-state index contributed by atoms with van der Waals surface area (Å²) in [6.07, 6.45) is 0. The molecule has 25 heavy (non-hydrogen) atoms. The lowest BCUT2D eigenvalue weighted by Crippen LogP contribution is -2.22. The number of benzene rings is 2. The summed E-state index contributed by atoms with van der Waals surface area (Å²) in [6.45, 7) is 0.489. The molecule has 0 atom stereocenters. The van der Waals surface area contributed by atoms with Gasteiger partial charge in [0.1, 0.15) is 6.07 Å². The van der Waals surface area contributed by atoms with E-state index in [2.05, 4.69) is 27.3 Å². The quantitative estimate of drug-likeness (QED) is 0.586. The number of halogens is 1. The van der Waals surface area contributed by atoms with Crippen LogP contribution in [0.15, 0.2) is 74.2 Å². The van der Waals surface area contributed by atoms with Crippen LogP contribution < -0.4 is 5.32 Å². The number of carbonyl (C=O) groups excluding carboxylic acids is 1. The van der Waals surface area contributed by atoms with E-state index >= 15 is 0 Å². The topological polar surface area (TPSA) is 52.9 Å². The highest BCUT2D eigenvalue weighted by Crippen LogP contribution is 2.32. The van der Waals surface area contributed by atoms with E-state index in [1.54, 1.807) is 23.5 Å². The average molecular weight is 429 g/mol. The number of nitrogens with zero attached hydrogens (tertiary/aromatic N) is 1. The van der Waals surface area contributed by atoms with Gasteiger partial charge in [0.25, 0.3) is 5.91 Å². The van der Waals surface area contributed by atoms with Crippen molar-refractivity contribution in [1.82, 2.24) is 5.32 Å². The maximum absolute atomic E-state index is 12.6. The van der Waals surface area contributed by atoms with Crippen molar-refractivity contribution in [1.29, 1.82) is 5.26 Å². The zero-order valence-corrected chi connectivity index (χ0v) is 16.2. The molecular formula is C19H13BrN2OS2. The van der Waals surface area contributed by atoms with Gasteiger partial charge in [0, 0.05) is 14.7 Å². The van der Waals surface area contributed by atoms with Gasteiger partial charge in [-0.25, -0.2) is 0 Å². The summed E-state index contributed by atoms with van der Waals surface area (Å²) in [6, 6.07) is 21.0. The van der Waals surface area contributed by atoms with Gasteiger partial charge in [-0.15, -0.1) is 11.3 Å². The van der Waals surface area contributed by atoms with Crippen molar-refractivity contribution in [2.24, 2.45) is 0 Å². The Bertz CT molecular complexity index is 946. The van der Waals surface area contributed by atoms with Gasteiger partial charge in [-0.3, -0.25) is 4.79 Å². The van der Waals surface area contributed by atoms with Crippen LogP contribution in [0.2, 0.25) is 0 Å². The van der Waals surface area contributed by atoms with Crippen LogP contribution in [0.25, 0.3) is 0 Å². The lowest BCUT2D eigenvalue weighted by atomic mass is 10.2. The van der Waals surface area contributed by atoms with Crippen molar-refractivity contribution in [3.05, 3.63) is 80.5 Å². The van der Waals surface area contributed by atoms with Gasteiger partial charge in [0.2, 0.25) is 0 Å². The summed E-state index contributed by atoms with van der Waals surface area (Å²) in [5, 5.41) is 12.2. The van der Waals surface area contributed by atoms with Crippen LogP contribution in [0.3, 0.4) is 0 Å². The third kappa shape index (κ3) is 4.51. The molecule has 0 radical (unpaired) electrons. The van der Waals surface area contributed by atoms with Crippen LogP contribution in [0.1, 0.15) is 20.8 Å². The van der Waals surface area contributed by atoms with Crippen molar-refractivity contribution >= 4 is 44.9 Å². The van der Waals surface area contributed by atoms with E-state index in [9.17, 15) is 10.1 Å². The van der Waals surface area contributed by atoms with Crippen LogP contribution in [-0.2, 0) is 6.54 Å². The van der Waals surface area contributed by atoms with E-state index in [0.717, 1.165) is 18.5 Å². The smallest absolute Gasteiger partial charge is 0.252 e. The fourth-order valence-electron chi connectivity index (χ4n) is 2.22. The van der Waals surface area contributed by atoms with E-state index in [0.29, 0.717) is 17.7 Å². The number of thiophene rings is 1. The highest BCUT2D eigenvalue weighted by Gasteiger charge is 2.13. The maximum Gasteiger partial charge on any atom is 0.252 e. The predicted molar refractivity (Wildman–Crippen MR) is 105 cm³/mol. The molecule has 0 fully saturated rings. The molecule has 0 saturated carbocycles. The fourth-order valence-corrected chi connectivity index (χ4v) is 4.67. The normalized spacial score (nSPS) is 10.2. The molecule has 0 saturated heterocycles. The van der Waals surface area contributed by atoms with E-state index < -0.39 is 0 Å². The highest BCUT2D eigenvalue weighted by atomic mass is 79.9. The van der Waals surface area contributed by atoms with Crippen LogP contribution >= 0.6 is 39.0 Å². The predicted octanol–water partition coefficient (Wildman–Crippen LogP) is 5.46. The standard InChI is InChI=1S/C19H13BrN2OS2/c20-18-10-9-14(24-18)12-22-19(23)15-6-2-4-8-17(15)25-16-7-3-1-5-13(16)11-21/h1-10H,12H2,(H,22,23). The first-order chi connectivity index (χ1) is 12.2. The molecule has 0 unspecified atom stereocenters. The lowest BCUT2D eigenvalue weighted by molar-refractivity contribution is 0.0948. The zero-order chi connectivity index (χ0) is 17.6. The Labute approximate surface area is 162 Å². The third-order valence-corrected chi connectivity index (χ3v) is 6.19. The van der Waals surface area contributed by atoms with Gasteiger partial charge in [0.05, 0.1) is 21.5 Å². The Morgan fingerprint density at radius 1 is 1.08 bits per heavy atom. The first-order valence-corrected chi connectivity index (χ1v) is 9.88. The van der Waals surface area contributed by atoms with Crippen molar-refractivity contribution < 1.29 is 4.79 Å². The van der Waals surface area contributed by atoms with E-state index in [1.165, 1.54) is 11.8 Å². The molecule has 3 nitrogen and oxygen atoms in total. The van der Waals surface area contributed by atoms with E-state index in [-0.39, 0.29) is 5.91 Å². The largest absolute Gasteiger partial charge is 0.347 e. The van der Waals surface area contributed by atoms with Gasteiger partial charge in [-0.2, -0.15) is 5.26 Å². The number of hydrogen-bond donors (Lipinski definition) is 1. The minimum Gasteiger partial charge on any atom is -0.347 e. The van der Waals surface area contributed by atoms with E-state index in [1.807, 2.05) is 48.5 Å². The molecule has 0 bridgehead atoms. The summed E-state index contributed by atoms with van der Waals surface area (Å²) in [4.78, 5) is 15.3. The van der Waals surface area contributed by atoms with Crippen LogP contribution in [-0.4, -0.2) is 5.91 Å². The van der Waals surface area contributed by atoms with Crippen LogP contribution in [0.5, 0.6) is 0 Å². The molecular weight excluding hydrogens is 416 g/mol. The molecule has 0 aliphatic heterocycles. The monoisotopic (exact) mass is 428 g/mol. The first kappa shape index (κ1) is 17.7. The molecule has 1 aromatic heterocycles. The molecule has 2 aromatic carbocycles. The second-order valence-corrected chi connectivity index (χ2v) is 8.73. The third-order valence-electron chi connectivity index (χ3n) is 3.41. The number of rotatable bonds is 5. The van der Waals surface area contributed by atoms with Crippen molar-refractivity contribution in [3.63, 3.8) is 0 Å². The molecule has 3 aromatic rings. The van der Waals surface area contributed by atoms with Gasteiger partial charge in [-0.05, 0) is 52.3 Å². The second kappa shape index (κ2) is 8.34. The van der Waals surface area contributed by atoms with Crippen molar-refractivity contribution in [2.45, 2.75) is 16.3 Å². The Balaban J connectivity index is 1.78. The zero-order valence-electron chi connectivity index (χ0n) is 13.0. The highest BCUT2D eigenvalue weighted by molar-refractivity contribution is 9.11. The molecule has 124 valence electrons. The summed E-state index contributed by atoms with van der Waals surface area (Å²) < 4.78 is 1.04. The van der Waals surface area contributed by atoms with Gasteiger partial charge in [0.15, 0.2) is 0 Å². The minimum atomic E-state index is -0.123. The van der Waals surface area contributed by atoms with Gasteiger partial charge in [-0.1, -0.05) is 36.0 Å². The van der Waals surface area contributed by atoms with Crippen molar-refractivity contribution in [2.75, 3.05) is 0 Å². The second-order valence-electron chi connectivity index (χ2n) is 5.09. The Morgan fingerprint density at radius 3 is 2.52 bits per heavy atom. The van der Waals surface area contributed by atoms with Crippen LogP contribution in [0.4, 0.5) is 0 Å². The summed E-state index contributed by atoms with van der Waals surface area (Å²) in [5.41, 5.74) is 1.21. The molecule has 6 heteroatoms. The average Bonchev–Trinajstić information content (AvgIpc) is 3.06. The van der Waals surface area contributed by atoms with Gasteiger partial charge < -0.3 is 5.32 Å². The molecule has 1 amide bonds. The molecule has 1 heterocycles. The van der Waals surface area contributed by atoms with Crippen LogP contribution in [0, 0.1) is 11.3 Å². The SMILES string of the molecule is N#Cc1ccccc1Sc1ccccc1C(=O)NCc1ccc(Br)s1. The molecule has 0 aliphatic carbocycles. The lowest BCUT2D eigenvalue weighted by Gasteiger charge is -2.10.